The van der Waals surface area contributed by atoms with Crippen LogP contribution in [-0.2, 0) is 57.2 Å². The third-order valence-corrected chi connectivity index (χ3v) is 24.5. The van der Waals surface area contributed by atoms with Crippen molar-refractivity contribution in [3.8, 4) is 0 Å². The number of hydrogen-bond donors (Lipinski definition) is 4. The number of aromatic nitrogens is 4. The van der Waals surface area contributed by atoms with Crippen molar-refractivity contribution in [2.45, 2.75) is 37.5 Å². The van der Waals surface area contributed by atoms with Crippen molar-refractivity contribution in [2.24, 2.45) is 9.98 Å². The fraction of sp³-hybridized carbons (Fsp3) is 0.108. The third-order valence-electron chi connectivity index (χ3n) is 18.4. The Morgan fingerprint density at radius 3 is 0.857 bits per heavy atom. The molecule has 7 heterocycles. The summed E-state index contributed by atoms with van der Waals surface area (Å²) >= 11 is 0. The maximum absolute atomic E-state index is 17.9. The minimum atomic E-state index is -7.09. The molecule has 664 valence electrons. The molecule has 6 aromatic carbocycles. The lowest BCUT2D eigenvalue weighted by Crippen LogP contribution is -2.29. The van der Waals surface area contributed by atoms with Crippen molar-refractivity contribution in [1.82, 2.24) is 19.9 Å². The molecule has 0 radical (unpaired) electrons. The molecule has 0 fully saturated rings. The van der Waals surface area contributed by atoms with Crippen LogP contribution in [0, 0.1) is 175 Å². The second-order valence-corrected chi connectivity index (χ2v) is 31.6. The molecule has 0 spiro atoms. The van der Waals surface area contributed by atoms with Gasteiger partial charge < -0.3 is 19.9 Å². The zero-order chi connectivity index (χ0) is 93.0. The Morgan fingerprint density at radius 2 is 0.508 bits per heavy atom. The summed E-state index contributed by atoms with van der Waals surface area (Å²) in [7, 11) is -28.2. The molecule has 0 saturated heterocycles. The third kappa shape index (κ3) is 14.1. The van der Waals surface area contributed by atoms with Crippen LogP contribution in [0.1, 0.15) is 83.9 Å². The van der Waals surface area contributed by atoms with E-state index in [2.05, 4.69) is 9.98 Å². The Bertz CT molecular complexity index is 7430. The molecule has 0 unspecified atom stereocenters. The largest absolute Gasteiger partial charge is 0.354 e. The van der Waals surface area contributed by atoms with Crippen molar-refractivity contribution in [2.75, 3.05) is 26.4 Å². The second kappa shape index (κ2) is 32.6. The van der Waals surface area contributed by atoms with E-state index in [1.54, 1.807) is 9.97 Å². The van der Waals surface area contributed by atoms with E-state index in [-0.39, 0.29) is 48.6 Å². The molecule has 3 aliphatic heterocycles. The highest BCUT2D eigenvalue weighted by Crippen LogP contribution is 2.49. The van der Waals surface area contributed by atoms with E-state index in [1.807, 2.05) is 4.98 Å². The quantitative estimate of drug-likeness (QED) is 0.0271. The number of halogens is 30. The first-order chi connectivity index (χ1) is 58.9. The van der Waals surface area contributed by atoms with Crippen LogP contribution in [0.2, 0.25) is 0 Å². The van der Waals surface area contributed by atoms with Crippen LogP contribution in [0.5, 0.6) is 0 Å². The first kappa shape index (κ1) is 91.5. The maximum atomic E-state index is 17.9. The molecule has 0 atom stereocenters. The van der Waals surface area contributed by atoms with Crippen LogP contribution in [0.3, 0.4) is 0 Å². The minimum Gasteiger partial charge on any atom is -0.354 e. The number of hydrogen-bond acceptors (Lipinski definition) is 14. The molecule has 0 amide bonds. The zero-order valence-corrected chi connectivity index (χ0v) is 64.5. The summed E-state index contributed by atoms with van der Waals surface area (Å²) in [6, 6.07) is 0.350. The molecule has 0 saturated carbocycles. The Labute approximate surface area is 680 Å². The number of rotatable bonds is 18. The van der Waals surface area contributed by atoms with Gasteiger partial charge >= 0.3 is 40.5 Å². The topological polar surface area (TPSA) is 261 Å². The number of H-pyrrole nitrogens is 4. The van der Waals surface area contributed by atoms with Gasteiger partial charge in [0.05, 0.1) is 93.3 Å². The first-order valence-corrected chi connectivity index (χ1v) is 39.6. The van der Waals surface area contributed by atoms with Gasteiger partial charge in [-0.1, -0.05) is 0 Å². The second-order valence-electron chi connectivity index (χ2n) is 25.4. The van der Waals surface area contributed by atoms with Crippen LogP contribution >= 0.6 is 0 Å². The van der Waals surface area contributed by atoms with E-state index < -0.39 is 395 Å². The molecular formula is C74H32F30N6O12S4. The normalized spacial score (nSPS) is 14.4. The van der Waals surface area contributed by atoms with Crippen LogP contribution < -0.4 is 21.4 Å². The summed E-state index contributed by atoms with van der Waals surface area (Å²) in [6.07, 6.45) is 0.328. The monoisotopic (exact) mass is 1890 g/mol. The molecule has 10 aromatic rings. The van der Waals surface area contributed by atoms with Crippen LogP contribution in [0.4, 0.5) is 132 Å². The van der Waals surface area contributed by atoms with Gasteiger partial charge in [0.1, 0.15) is 19.6 Å². The first-order valence-electron chi connectivity index (χ1n) is 34.0. The lowest BCUT2D eigenvalue weighted by molar-refractivity contribution is 0.328. The molecule has 4 aromatic heterocycles. The number of aliphatic imine (C=N–C) groups is 2. The van der Waals surface area contributed by atoms with Gasteiger partial charge in [-0.15, -0.1) is 0 Å². The van der Waals surface area contributed by atoms with E-state index in [4.69, 9.17) is 16.7 Å². The predicted octanol–water partition coefficient (Wildman–Crippen LogP) is 14.2. The summed E-state index contributed by atoms with van der Waals surface area (Å²) < 4.78 is 637. The van der Waals surface area contributed by atoms with E-state index in [0.29, 0.717) is 27.7 Å². The number of nitrogens with zero attached hydrogens (tertiary/aromatic N) is 2. The predicted molar refractivity (Wildman–Crippen MR) is 369 cm³/mol. The van der Waals surface area contributed by atoms with Crippen molar-refractivity contribution < 1.29 is 182 Å². The summed E-state index contributed by atoms with van der Waals surface area (Å²) in [5, 5.41) is -8.45. The molecule has 0 aliphatic carbocycles. The average molecular weight is 1900 g/mol. The standard InChI is InChI=1S/C74H32F30N6O12S4/c1-5-119-123(111,112)71-67-28(33-43(81)55(93)64(102)56(94)44(33)82)23-15-13-21(107-23)26(31-39(77)51(89)62(100)52(90)40(31)78)19-11-9-17(105-19)25(30-37(75)49(87)61(99)50(88)38(30)76)18-10-12-20(106-18)27(32-41(79)53(91)63(101)54(92)42(32)80)22-14-16-24(108-22)29(34-45(83)57(95)65(103)58(96)46(34)84)68-72(124(113,114)120-6-2)74(126(117,118)122-8-4)70(110-68)36(69(109-67)73(71)125(115,116)121-7-3)35-47(85)59(97)66(104)60(98)48(35)86/h9-16,105,107-108,110H,5-8H2,1-4H3. The van der Waals surface area contributed by atoms with Gasteiger partial charge in [0.2, 0.25) is 34.9 Å². The molecular weight excluding hydrogens is 1860 g/mol. The molecule has 18 nitrogen and oxygen atoms in total. The van der Waals surface area contributed by atoms with E-state index in [1.165, 1.54) is 4.98 Å². The van der Waals surface area contributed by atoms with Gasteiger partial charge in [0.25, 0.3) is 0 Å². The number of allylic oxidation sites excluding steroid dienone is 3. The van der Waals surface area contributed by atoms with Gasteiger partial charge in [0.15, 0.2) is 140 Å². The molecule has 13 rings (SSSR count). The fourth-order valence-corrected chi connectivity index (χ4v) is 19.2. The molecule has 3 aliphatic rings. The molecule has 52 heteroatoms. The minimum absolute atomic E-state index is 0.0309. The summed E-state index contributed by atoms with van der Waals surface area (Å²) in [5.41, 5.74) is -46.3. The van der Waals surface area contributed by atoms with Gasteiger partial charge in [-0.25, -0.2) is 142 Å². The smallest absolute Gasteiger partial charge is 0.300 e. The van der Waals surface area contributed by atoms with Gasteiger partial charge in [-0.05, 0) is 76.2 Å². The van der Waals surface area contributed by atoms with E-state index in [0.717, 1.165) is 0 Å². The summed E-state index contributed by atoms with van der Waals surface area (Å²) in [4.78, 5) is 2.81. The van der Waals surface area contributed by atoms with Crippen molar-refractivity contribution in [3.05, 3.63) is 322 Å². The van der Waals surface area contributed by atoms with Gasteiger partial charge in [-0.3, -0.25) is 16.7 Å². The molecule has 126 heavy (non-hydrogen) atoms. The summed E-state index contributed by atoms with van der Waals surface area (Å²) in [5.74, 6) is -97.1. The van der Waals surface area contributed by atoms with Gasteiger partial charge in [-0.2, -0.15) is 33.7 Å². The van der Waals surface area contributed by atoms with E-state index in [9.17, 15) is 0 Å². The van der Waals surface area contributed by atoms with Crippen LogP contribution in [0.15, 0.2) is 89.5 Å². The Morgan fingerprint density at radius 1 is 0.254 bits per heavy atom. The van der Waals surface area contributed by atoms with Crippen LogP contribution in [-0.4, -0.2) is 91.5 Å². The maximum Gasteiger partial charge on any atom is 0.300 e. The number of benzene rings is 6. The fourth-order valence-electron chi connectivity index (χ4n) is 13.4. The van der Waals surface area contributed by atoms with Crippen molar-refractivity contribution in [3.63, 3.8) is 0 Å². The number of fused-ring (bicyclic) bond motifs is 10. The van der Waals surface area contributed by atoms with Gasteiger partial charge in [0, 0.05) is 66.9 Å². The zero-order valence-electron chi connectivity index (χ0n) is 61.2. The summed E-state index contributed by atoms with van der Waals surface area (Å²) in [6.45, 7) is -4.06. The number of aromatic amines is 4. The lowest BCUT2D eigenvalue weighted by atomic mass is 9.98. The Balaban J connectivity index is 1.48. The lowest BCUT2D eigenvalue weighted by Gasteiger charge is -2.16. The SMILES string of the molecule is CCOS(=O)(=O)C1=C(S(=O)(=O)OCC)C2=C(c3c(F)c(F)c(F)c(F)c3F)c3ccc([nH]3)C(c3c(F)c(F)c(F)c(F)c3F)=c3ccc([nH]3)=C(c3c(F)c(F)c(F)c(F)c3F)C3=NC(=C(c4c(F)c(F)c(F)c(F)c4F)c4ccc([nH]4)C(c4c(F)c(F)c(F)c(F)c4F)=c4[nH]c(c(S(=O)(=O)OCC)c4S(=O)(=O)OCC)=C(c4c(F)c(F)c(F)c(F)c4F)C1=N2)C=C3. The average Bonchev–Trinajstić information content (AvgIpc) is 1.54. The highest BCUT2D eigenvalue weighted by Gasteiger charge is 2.50. The molecule has 4 N–H and O–H groups in total. The highest BCUT2D eigenvalue weighted by molar-refractivity contribution is 7.95. The van der Waals surface area contributed by atoms with Crippen molar-refractivity contribution in [1.29, 1.82) is 0 Å². The Hall–Kier alpha value is -12.2. The highest BCUT2D eigenvalue weighted by atomic mass is 32.2. The van der Waals surface area contributed by atoms with Crippen LogP contribution in [0.25, 0.3) is 33.4 Å². The molecule has 12 bridgehead atoms. The number of nitrogens with one attached hydrogen (secondary N) is 4. The Kier molecular flexibility index (Phi) is 23.7. The van der Waals surface area contributed by atoms with Crippen molar-refractivity contribution >= 4 is 85.3 Å². The van der Waals surface area contributed by atoms with E-state index >= 15 is 165 Å².